The van der Waals surface area contributed by atoms with Crippen LogP contribution < -0.4 is 11.1 Å². The highest BCUT2D eigenvalue weighted by Crippen LogP contribution is 2.26. The van der Waals surface area contributed by atoms with Crippen LogP contribution in [0.15, 0.2) is 42.6 Å². The summed E-state index contributed by atoms with van der Waals surface area (Å²) in [4.78, 5) is 36.0. The van der Waals surface area contributed by atoms with Gasteiger partial charge in [0.05, 0.1) is 22.8 Å². The molecule has 2 amide bonds. The maximum Gasteiger partial charge on any atom is 0.254 e. The lowest BCUT2D eigenvalue weighted by Gasteiger charge is -2.11. The van der Waals surface area contributed by atoms with E-state index < -0.39 is 17.5 Å². The number of halogens is 2. The van der Waals surface area contributed by atoms with Gasteiger partial charge in [0.1, 0.15) is 23.0 Å². The van der Waals surface area contributed by atoms with E-state index in [-0.39, 0.29) is 29.3 Å². The molecule has 5 rings (SSSR count). The minimum absolute atomic E-state index is 0.0215. The van der Waals surface area contributed by atoms with Crippen LogP contribution in [0.3, 0.4) is 0 Å². The van der Waals surface area contributed by atoms with E-state index >= 15 is 0 Å². The number of carbonyl (C=O) groups excluding carboxylic acids is 2. The number of primary amides is 1. The van der Waals surface area contributed by atoms with Gasteiger partial charge in [-0.15, -0.1) is 0 Å². The summed E-state index contributed by atoms with van der Waals surface area (Å²) >= 11 is 0. The Hall–Kier alpha value is -4.67. The number of H-pyrrole nitrogens is 1. The van der Waals surface area contributed by atoms with E-state index in [1.165, 1.54) is 6.20 Å². The Balaban J connectivity index is 1.32. The lowest BCUT2D eigenvalue weighted by atomic mass is 10.1. The van der Waals surface area contributed by atoms with Crippen molar-refractivity contribution in [3.63, 3.8) is 0 Å². The number of benzene rings is 2. The van der Waals surface area contributed by atoms with Crippen LogP contribution in [0, 0.1) is 25.5 Å². The molecule has 36 heavy (non-hydrogen) atoms. The fourth-order valence-electron chi connectivity index (χ4n) is 4.20. The van der Waals surface area contributed by atoms with Crippen molar-refractivity contribution in [3.05, 3.63) is 76.7 Å². The van der Waals surface area contributed by atoms with Crippen LogP contribution in [0.2, 0.25) is 0 Å². The van der Waals surface area contributed by atoms with Gasteiger partial charge in [0.15, 0.2) is 5.65 Å². The van der Waals surface area contributed by atoms with Crippen LogP contribution in [0.1, 0.15) is 33.7 Å². The first-order chi connectivity index (χ1) is 17.2. The molecule has 0 radical (unpaired) electrons. The Morgan fingerprint density at radius 1 is 1.11 bits per heavy atom. The molecule has 0 bridgehead atoms. The molecule has 2 aromatic carbocycles. The molecule has 0 saturated carbocycles. The third-order valence-corrected chi connectivity index (χ3v) is 6.03. The molecule has 4 N–H and O–H groups in total. The molecule has 3 aromatic heterocycles. The van der Waals surface area contributed by atoms with Crippen LogP contribution in [-0.4, -0.2) is 36.4 Å². The number of aromatic nitrogens is 5. The van der Waals surface area contributed by atoms with Gasteiger partial charge < -0.3 is 16.0 Å². The number of hydrogen-bond donors (Lipinski definition) is 3. The molecule has 11 heteroatoms. The molecule has 5 aromatic rings. The average Bonchev–Trinajstić information content (AvgIpc) is 3.44. The number of nitrogens with zero attached hydrogens (tertiary/aromatic N) is 4. The molecular weight excluding hydrogens is 468 g/mol. The summed E-state index contributed by atoms with van der Waals surface area (Å²) in [5.41, 5.74) is 9.99. The predicted molar refractivity (Wildman–Crippen MR) is 129 cm³/mol. The molecule has 0 aliphatic carbocycles. The first-order valence-corrected chi connectivity index (χ1v) is 11.1. The Kier molecular flexibility index (Phi) is 5.67. The summed E-state index contributed by atoms with van der Waals surface area (Å²) in [6, 6.07) is 8.21. The molecule has 0 aliphatic heterocycles. The van der Waals surface area contributed by atoms with E-state index in [2.05, 4.69) is 25.4 Å². The maximum absolute atomic E-state index is 14.1. The smallest absolute Gasteiger partial charge is 0.254 e. The standard InChI is InChI=1S/C25H21F2N7O2/c1-12-16(13(2)34-25(30-12)18(11-29-34)23(28)36)5-8-22(35)31-15-4-7-20-21(10-15)33-24(32-20)17-9-14(26)3-6-19(17)27/h3-4,6-7,9-11H,5,8H2,1-2H3,(H2,28,36)(H,31,35)(H,32,33). The first-order valence-electron chi connectivity index (χ1n) is 11.1. The van der Waals surface area contributed by atoms with Crippen LogP contribution in [-0.2, 0) is 11.2 Å². The third kappa shape index (κ3) is 4.15. The summed E-state index contributed by atoms with van der Waals surface area (Å²) < 4.78 is 29.2. The molecule has 0 fully saturated rings. The van der Waals surface area contributed by atoms with Crippen LogP contribution in [0.5, 0.6) is 0 Å². The predicted octanol–water partition coefficient (Wildman–Crippen LogP) is 3.84. The maximum atomic E-state index is 14.1. The van der Waals surface area contributed by atoms with Gasteiger partial charge in [-0.05, 0) is 62.2 Å². The number of nitrogens with two attached hydrogens (primary N) is 1. The second-order valence-electron chi connectivity index (χ2n) is 8.41. The number of aryl methyl sites for hydroxylation is 2. The van der Waals surface area contributed by atoms with Gasteiger partial charge in [-0.3, -0.25) is 9.59 Å². The Morgan fingerprint density at radius 2 is 1.92 bits per heavy atom. The van der Waals surface area contributed by atoms with E-state index in [1.807, 2.05) is 13.8 Å². The summed E-state index contributed by atoms with van der Waals surface area (Å²) in [6.45, 7) is 3.65. The molecule has 182 valence electrons. The van der Waals surface area contributed by atoms with Crippen molar-refractivity contribution in [1.82, 2.24) is 24.6 Å². The summed E-state index contributed by atoms with van der Waals surface area (Å²) in [5, 5.41) is 7.04. The highest BCUT2D eigenvalue weighted by atomic mass is 19.1. The molecule has 0 spiro atoms. The zero-order valence-electron chi connectivity index (χ0n) is 19.4. The van der Waals surface area contributed by atoms with Crippen molar-refractivity contribution < 1.29 is 18.4 Å². The van der Waals surface area contributed by atoms with Gasteiger partial charge in [0, 0.05) is 23.5 Å². The van der Waals surface area contributed by atoms with Crippen molar-refractivity contribution in [1.29, 1.82) is 0 Å². The summed E-state index contributed by atoms with van der Waals surface area (Å²) in [5.74, 6) is -1.80. The minimum atomic E-state index is -0.606. The van der Waals surface area contributed by atoms with Gasteiger partial charge in [-0.1, -0.05) is 0 Å². The van der Waals surface area contributed by atoms with E-state index in [0.29, 0.717) is 34.5 Å². The van der Waals surface area contributed by atoms with Crippen molar-refractivity contribution in [3.8, 4) is 11.4 Å². The molecule has 0 atom stereocenters. The largest absolute Gasteiger partial charge is 0.365 e. The number of anilines is 1. The average molecular weight is 489 g/mol. The molecular formula is C25H21F2N7O2. The number of carbonyl (C=O) groups is 2. The van der Waals surface area contributed by atoms with Gasteiger partial charge in [0.25, 0.3) is 5.91 Å². The molecule has 0 saturated heterocycles. The number of imidazole rings is 1. The first kappa shape index (κ1) is 23.1. The number of hydrogen-bond acceptors (Lipinski definition) is 5. The number of amides is 2. The summed E-state index contributed by atoms with van der Waals surface area (Å²) in [6.07, 6.45) is 1.97. The molecule has 9 nitrogen and oxygen atoms in total. The Bertz CT molecular complexity index is 1670. The molecule has 3 heterocycles. The fourth-order valence-corrected chi connectivity index (χ4v) is 4.20. The zero-order valence-corrected chi connectivity index (χ0v) is 19.4. The van der Waals surface area contributed by atoms with Gasteiger partial charge in [0.2, 0.25) is 5.91 Å². The third-order valence-electron chi connectivity index (χ3n) is 6.03. The van der Waals surface area contributed by atoms with Crippen LogP contribution in [0.4, 0.5) is 14.5 Å². The summed E-state index contributed by atoms with van der Waals surface area (Å²) in [7, 11) is 0. The lowest BCUT2D eigenvalue weighted by Crippen LogP contribution is -2.15. The zero-order chi connectivity index (χ0) is 25.6. The second kappa shape index (κ2) is 8.84. The van der Waals surface area contributed by atoms with Crippen LogP contribution in [0.25, 0.3) is 28.1 Å². The highest BCUT2D eigenvalue weighted by Gasteiger charge is 2.17. The highest BCUT2D eigenvalue weighted by molar-refractivity contribution is 5.98. The molecule has 0 unspecified atom stereocenters. The number of rotatable bonds is 6. The van der Waals surface area contributed by atoms with Crippen molar-refractivity contribution in [2.24, 2.45) is 5.73 Å². The van der Waals surface area contributed by atoms with Crippen molar-refractivity contribution in [2.45, 2.75) is 26.7 Å². The number of aromatic amines is 1. The van der Waals surface area contributed by atoms with E-state index in [0.717, 1.165) is 29.5 Å². The minimum Gasteiger partial charge on any atom is -0.365 e. The fraction of sp³-hybridized carbons (Fsp3) is 0.160. The Labute approximate surface area is 203 Å². The Morgan fingerprint density at radius 3 is 2.69 bits per heavy atom. The van der Waals surface area contributed by atoms with Gasteiger partial charge in [-0.2, -0.15) is 5.10 Å². The lowest BCUT2D eigenvalue weighted by molar-refractivity contribution is -0.116. The van der Waals surface area contributed by atoms with Crippen LogP contribution >= 0.6 is 0 Å². The van der Waals surface area contributed by atoms with Gasteiger partial charge in [-0.25, -0.2) is 23.3 Å². The number of nitrogens with one attached hydrogen (secondary N) is 2. The quantitative estimate of drug-likeness (QED) is 0.334. The topological polar surface area (TPSA) is 131 Å². The van der Waals surface area contributed by atoms with Crippen molar-refractivity contribution in [2.75, 3.05) is 5.32 Å². The normalized spacial score (nSPS) is 11.3. The second-order valence-corrected chi connectivity index (χ2v) is 8.41. The SMILES string of the molecule is Cc1nc2c(C(N)=O)cnn2c(C)c1CCC(=O)Nc1ccc2nc(-c3cc(F)ccc3F)[nH]c2c1. The number of fused-ring (bicyclic) bond motifs is 2. The van der Waals surface area contributed by atoms with E-state index in [1.54, 1.807) is 22.7 Å². The van der Waals surface area contributed by atoms with E-state index in [9.17, 15) is 18.4 Å². The molecule has 0 aliphatic rings. The monoisotopic (exact) mass is 489 g/mol. The van der Waals surface area contributed by atoms with Gasteiger partial charge >= 0.3 is 0 Å². The van der Waals surface area contributed by atoms with Crippen molar-refractivity contribution >= 4 is 34.2 Å². The van der Waals surface area contributed by atoms with E-state index in [4.69, 9.17) is 5.73 Å².